The fraction of sp³-hybridized carbons (Fsp3) is 0.308. The molecule has 2 aromatic rings. The quantitative estimate of drug-likeness (QED) is 0.618. The van der Waals surface area contributed by atoms with Crippen LogP contribution in [0, 0.1) is 0 Å². The monoisotopic (exact) mass is 348 g/mol. The van der Waals surface area contributed by atoms with Crippen LogP contribution in [0.4, 0.5) is 0 Å². The van der Waals surface area contributed by atoms with Crippen molar-refractivity contribution in [3.05, 3.63) is 30.5 Å². The number of benzene rings is 1. The first-order valence-corrected chi connectivity index (χ1v) is 7.56. The fourth-order valence-electron chi connectivity index (χ4n) is 1.91. The molecule has 0 spiro atoms. The van der Waals surface area contributed by atoms with Gasteiger partial charge in [0.2, 0.25) is 0 Å². The molecule has 0 aliphatic carbocycles. The van der Waals surface area contributed by atoms with E-state index < -0.39 is 0 Å². The Morgan fingerprint density at radius 2 is 1.94 bits per heavy atom. The summed E-state index contributed by atoms with van der Waals surface area (Å²) in [6.45, 7) is 3.82. The third kappa shape index (κ3) is 2.20. The number of hydrogen-bond donors (Lipinski definition) is 0. The Balaban J connectivity index is 2.69. The molecule has 17 heavy (non-hydrogen) atoms. The summed E-state index contributed by atoms with van der Waals surface area (Å²) in [7, 11) is 5.50. The molecule has 0 amide bonds. The molecule has 0 aliphatic rings. The summed E-state index contributed by atoms with van der Waals surface area (Å²) in [5, 5.41) is 1.30. The van der Waals surface area contributed by atoms with Crippen LogP contribution in [0.5, 0.6) is 11.5 Å². The molecule has 90 valence electrons. The van der Waals surface area contributed by atoms with Gasteiger partial charge in [0.15, 0.2) is 0 Å². The molecule has 1 heterocycles. The average molecular weight is 346 g/mol. The van der Waals surface area contributed by atoms with Gasteiger partial charge < -0.3 is 0 Å². The predicted octanol–water partition coefficient (Wildman–Crippen LogP) is 1.47. The van der Waals surface area contributed by atoms with Gasteiger partial charge >= 0.3 is 111 Å². The number of allylic oxidation sites excluding steroid dienone is 1. The van der Waals surface area contributed by atoms with Gasteiger partial charge in [-0.15, -0.1) is 0 Å². The van der Waals surface area contributed by atoms with Crippen LogP contribution in [0.2, 0.25) is 0 Å². The van der Waals surface area contributed by atoms with E-state index in [2.05, 4.69) is 28.5 Å². The Labute approximate surface area is 111 Å². The van der Waals surface area contributed by atoms with E-state index in [0.29, 0.717) is 0 Å². The molecule has 0 N–H and O–H groups in total. The molecular weight excluding hydrogens is 330 g/mol. The molecule has 0 bridgehead atoms. The number of rotatable bonds is 4. The van der Waals surface area contributed by atoms with Crippen LogP contribution in [0.3, 0.4) is 0 Å². The van der Waals surface area contributed by atoms with Crippen LogP contribution in [0.1, 0.15) is 5.69 Å². The SMILES string of the molecule is C=CCc1c2cc(OC)c(OC)cc2[te][n+]1C. The van der Waals surface area contributed by atoms with Crippen molar-refractivity contribution >= 4 is 29.5 Å². The van der Waals surface area contributed by atoms with E-state index in [1.165, 1.54) is 14.5 Å². The van der Waals surface area contributed by atoms with E-state index in [0.717, 1.165) is 17.9 Å². The van der Waals surface area contributed by atoms with E-state index in [4.69, 9.17) is 9.47 Å². The Morgan fingerprint density at radius 3 is 2.53 bits per heavy atom. The number of nitrogens with zero attached hydrogens (tertiary/aromatic N) is 1. The van der Waals surface area contributed by atoms with E-state index in [9.17, 15) is 0 Å². The molecule has 4 heteroatoms. The minimum absolute atomic E-state index is 0.309. The third-order valence-corrected chi connectivity index (χ3v) is 5.69. The molecule has 1 aromatic carbocycles. The Bertz CT molecular complexity index is 560. The van der Waals surface area contributed by atoms with Crippen LogP contribution in [0.15, 0.2) is 24.8 Å². The van der Waals surface area contributed by atoms with Crippen molar-refractivity contribution in [2.45, 2.75) is 6.42 Å². The second kappa shape index (κ2) is 5.12. The molecule has 0 radical (unpaired) electrons. The number of aromatic nitrogens is 1. The predicted molar refractivity (Wildman–Crippen MR) is 69.1 cm³/mol. The number of hydrogen-bond acceptors (Lipinski definition) is 2. The molecular formula is C13H16NO2Te+. The molecule has 0 unspecified atom stereocenters. The fourth-order valence-corrected chi connectivity index (χ4v) is 4.80. The number of methoxy groups -OCH3 is 2. The van der Waals surface area contributed by atoms with Crippen molar-refractivity contribution in [1.82, 2.24) is 0 Å². The summed E-state index contributed by atoms with van der Waals surface area (Å²) in [6.07, 6.45) is 2.86. The Morgan fingerprint density at radius 1 is 1.29 bits per heavy atom. The number of ether oxygens (including phenoxy) is 2. The van der Waals surface area contributed by atoms with Crippen LogP contribution in [-0.2, 0) is 13.5 Å². The van der Waals surface area contributed by atoms with Gasteiger partial charge in [-0.1, -0.05) is 0 Å². The normalized spacial score (nSPS) is 10.5. The van der Waals surface area contributed by atoms with E-state index in [-0.39, 0.29) is 20.7 Å². The van der Waals surface area contributed by atoms with Crippen LogP contribution < -0.4 is 12.3 Å². The van der Waals surface area contributed by atoms with Crippen molar-refractivity contribution in [3.8, 4) is 11.5 Å². The van der Waals surface area contributed by atoms with Crippen molar-refractivity contribution in [3.63, 3.8) is 0 Å². The zero-order valence-corrected chi connectivity index (χ0v) is 12.6. The summed E-state index contributed by atoms with van der Waals surface area (Å²) in [5.74, 6) is 1.63. The standard InChI is InChI=1S/C13H16NO2Te/c1-5-6-10-9-7-11(15-3)12(16-4)8-13(9)17-14(10)2/h5,7-8H,1,6H2,2-4H3/q+1. The first-order valence-electron chi connectivity index (χ1n) is 5.36. The molecule has 0 saturated carbocycles. The second-order valence-electron chi connectivity index (χ2n) is 3.73. The first-order chi connectivity index (χ1) is 8.21. The van der Waals surface area contributed by atoms with E-state index in [1.807, 2.05) is 6.08 Å². The zero-order chi connectivity index (χ0) is 12.4. The van der Waals surface area contributed by atoms with Gasteiger partial charge in [-0.2, -0.15) is 0 Å². The molecule has 0 fully saturated rings. The summed E-state index contributed by atoms with van der Waals surface area (Å²) in [4.78, 5) is 0. The molecule has 0 atom stereocenters. The number of fused-ring (bicyclic) bond motifs is 1. The van der Waals surface area contributed by atoms with Gasteiger partial charge in [0.1, 0.15) is 0 Å². The van der Waals surface area contributed by atoms with E-state index in [1.54, 1.807) is 14.2 Å². The van der Waals surface area contributed by atoms with Crippen LogP contribution in [0.25, 0.3) is 8.79 Å². The minimum atomic E-state index is -0.309. The average Bonchev–Trinajstić information content (AvgIpc) is 2.64. The van der Waals surface area contributed by atoms with Gasteiger partial charge in [0.05, 0.1) is 0 Å². The maximum atomic E-state index is 5.35. The second-order valence-corrected chi connectivity index (χ2v) is 7.07. The summed E-state index contributed by atoms with van der Waals surface area (Å²) in [5.41, 5.74) is 1.35. The molecule has 3 nitrogen and oxygen atoms in total. The molecule has 2 rings (SSSR count). The topological polar surface area (TPSA) is 22.3 Å². The summed E-state index contributed by atoms with van der Waals surface area (Å²) < 4.78 is 14.5. The van der Waals surface area contributed by atoms with Crippen molar-refractivity contribution in [1.29, 1.82) is 0 Å². The summed E-state index contributed by atoms with van der Waals surface area (Å²) >= 11 is -0.309. The van der Waals surface area contributed by atoms with Gasteiger partial charge in [-0.3, -0.25) is 0 Å². The van der Waals surface area contributed by atoms with Crippen molar-refractivity contribution in [2.24, 2.45) is 7.05 Å². The Hall–Kier alpha value is -0.980. The van der Waals surface area contributed by atoms with Gasteiger partial charge in [0, 0.05) is 0 Å². The first kappa shape index (κ1) is 12.5. The maximum absolute atomic E-state index is 5.35. The van der Waals surface area contributed by atoms with Crippen LogP contribution in [-0.4, -0.2) is 34.9 Å². The molecule has 0 aliphatic heterocycles. The molecule has 1 aromatic heterocycles. The summed E-state index contributed by atoms with van der Waals surface area (Å²) in [6, 6.07) is 4.20. The van der Waals surface area contributed by atoms with Crippen molar-refractivity contribution in [2.75, 3.05) is 14.2 Å². The van der Waals surface area contributed by atoms with Crippen molar-refractivity contribution < 1.29 is 12.3 Å². The van der Waals surface area contributed by atoms with Gasteiger partial charge in [0.25, 0.3) is 0 Å². The van der Waals surface area contributed by atoms with E-state index >= 15 is 0 Å². The third-order valence-electron chi connectivity index (χ3n) is 2.75. The Kier molecular flexibility index (Phi) is 3.76. The van der Waals surface area contributed by atoms with Crippen LogP contribution >= 0.6 is 0 Å². The molecule has 0 saturated heterocycles. The number of aryl methyl sites for hydroxylation is 1. The van der Waals surface area contributed by atoms with Gasteiger partial charge in [-0.25, -0.2) is 0 Å². The zero-order valence-electron chi connectivity index (χ0n) is 10.3. The van der Waals surface area contributed by atoms with Gasteiger partial charge in [-0.05, 0) is 0 Å².